The second-order valence-electron chi connectivity index (χ2n) is 7.77. The fraction of sp³-hybridized carbons (Fsp3) is 0.0357. The van der Waals surface area contributed by atoms with E-state index < -0.39 is 0 Å². The summed E-state index contributed by atoms with van der Waals surface area (Å²) in [6, 6.07) is 26.3. The molecule has 1 amide bonds. The summed E-state index contributed by atoms with van der Waals surface area (Å²) >= 11 is 5.28. The van der Waals surface area contributed by atoms with Crippen LogP contribution >= 0.6 is 12.2 Å². The van der Waals surface area contributed by atoms with Gasteiger partial charge in [-0.2, -0.15) is 0 Å². The van der Waals surface area contributed by atoms with E-state index in [1.54, 1.807) is 37.5 Å². The first kappa shape index (κ1) is 23.1. The van der Waals surface area contributed by atoms with Crippen LogP contribution in [-0.2, 0) is 4.79 Å². The Kier molecular flexibility index (Phi) is 6.59. The van der Waals surface area contributed by atoms with Crippen LogP contribution in [0.1, 0.15) is 5.76 Å². The van der Waals surface area contributed by atoms with Crippen molar-refractivity contribution in [3.05, 3.63) is 96.8 Å². The van der Waals surface area contributed by atoms with Gasteiger partial charge in [0.1, 0.15) is 22.8 Å². The number of rotatable bonds is 6. The molecule has 7 nitrogen and oxygen atoms in total. The number of nitrogens with zero attached hydrogens (tertiary/aromatic N) is 1. The Balaban J connectivity index is 1.20. The van der Waals surface area contributed by atoms with Crippen LogP contribution in [0.3, 0.4) is 0 Å². The van der Waals surface area contributed by atoms with E-state index in [1.807, 2.05) is 60.7 Å². The van der Waals surface area contributed by atoms with Crippen molar-refractivity contribution in [1.82, 2.24) is 10.3 Å². The van der Waals surface area contributed by atoms with Crippen molar-refractivity contribution in [2.24, 2.45) is 0 Å². The van der Waals surface area contributed by atoms with Gasteiger partial charge >= 0.3 is 0 Å². The summed E-state index contributed by atoms with van der Waals surface area (Å²) in [7, 11) is 1.62. The number of methoxy groups -OCH3 is 1. The third-order valence-electron chi connectivity index (χ3n) is 5.30. The Morgan fingerprint density at radius 2 is 1.75 bits per heavy atom. The predicted molar refractivity (Wildman–Crippen MR) is 144 cm³/mol. The van der Waals surface area contributed by atoms with Crippen molar-refractivity contribution in [1.29, 1.82) is 0 Å². The van der Waals surface area contributed by atoms with Crippen molar-refractivity contribution in [3.63, 3.8) is 0 Å². The summed E-state index contributed by atoms with van der Waals surface area (Å²) in [5.74, 6) is 2.17. The number of ether oxygens (including phenoxy) is 1. The molecule has 0 aliphatic carbocycles. The first-order valence-electron chi connectivity index (χ1n) is 11.1. The number of thiocarbonyl (C=S) groups is 1. The van der Waals surface area contributed by atoms with Gasteiger partial charge in [-0.15, -0.1) is 0 Å². The van der Waals surface area contributed by atoms with Crippen LogP contribution in [0.4, 0.5) is 5.69 Å². The highest BCUT2D eigenvalue weighted by Crippen LogP contribution is 2.27. The predicted octanol–water partition coefficient (Wildman–Crippen LogP) is 6.29. The Labute approximate surface area is 212 Å². The number of aromatic nitrogens is 1. The smallest absolute Gasteiger partial charge is 0.250 e. The third-order valence-corrected chi connectivity index (χ3v) is 5.51. The Hall–Kier alpha value is -4.69. The molecule has 2 N–H and O–H groups in total. The normalized spacial score (nSPS) is 11.0. The quantitative estimate of drug-likeness (QED) is 0.211. The highest BCUT2D eigenvalue weighted by Gasteiger charge is 2.10. The first-order valence-corrected chi connectivity index (χ1v) is 11.5. The van der Waals surface area contributed by atoms with Crippen molar-refractivity contribution >= 4 is 46.1 Å². The van der Waals surface area contributed by atoms with E-state index in [-0.39, 0.29) is 11.0 Å². The molecule has 0 radical (unpaired) electrons. The summed E-state index contributed by atoms with van der Waals surface area (Å²) in [5, 5.41) is 5.78. The zero-order valence-corrected chi connectivity index (χ0v) is 20.0. The van der Waals surface area contributed by atoms with Gasteiger partial charge in [0.2, 0.25) is 11.8 Å². The monoisotopic (exact) mass is 495 g/mol. The number of carbonyl (C=O) groups excluding carboxylic acids is 1. The molecule has 0 saturated carbocycles. The lowest BCUT2D eigenvalue weighted by Crippen LogP contribution is -2.32. The molecule has 0 unspecified atom stereocenters. The molecule has 5 rings (SSSR count). The van der Waals surface area contributed by atoms with Gasteiger partial charge in [0.05, 0.1) is 7.11 Å². The van der Waals surface area contributed by atoms with E-state index >= 15 is 0 Å². The van der Waals surface area contributed by atoms with Crippen LogP contribution in [0.5, 0.6) is 5.75 Å². The zero-order chi connectivity index (χ0) is 24.9. The Morgan fingerprint density at radius 1 is 0.944 bits per heavy atom. The van der Waals surface area contributed by atoms with E-state index in [0.717, 1.165) is 22.6 Å². The van der Waals surface area contributed by atoms with E-state index in [0.29, 0.717) is 28.4 Å². The summed E-state index contributed by atoms with van der Waals surface area (Å²) in [5.41, 5.74) is 3.77. The molecule has 0 saturated heterocycles. The number of fused-ring (bicyclic) bond motifs is 1. The van der Waals surface area contributed by atoms with Crippen molar-refractivity contribution in [2.75, 3.05) is 12.4 Å². The molecule has 0 fully saturated rings. The van der Waals surface area contributed by atoms with Gasteiger partial charge in [0.25, 0.3) is 0 Å². The van der Waals surface area contributed by atoms with Gasteiger partial charge in [0, 0.05) is 22.9 Å². The number of anilines is 1. The number of nitrogens with one attached hydrogen (secondary N) is 2. The minimum absolute atomic E-state index is 0.160. The standard InChI is InChI=1S/C28H21N3O4S/c1-33-21-10-7-19(8-11-21)27-30-23-17-20(9-14-25(23)35-27)29-28(36)31-26(32)16-13-22-12-15-24(34-22)18-5-3-2-4-6-18/h2-17H,1H3,(H2,29,31,32,36)/b16-13+. The highest BCUT2D eigenvalue weighted by atomic mass is 32.1. The lowest BCUT2D eigenvalue weighted by atomic mass is 10.2. The van der Waals surface area contributed by atoms with Crippen LogP contribution < -0.4 is 15.4 Å². The van der Waals surface area contributed by atoms with Gasteiger partial charge in [-0.05, 0) is 72.9 Å². The summed E-state index contributed by atoms with van der Waals surface area (Å²) in [4.78, 5) is 16.9. The maximum Gasteiger partial charge on any atom is 0.250 e. The van der Waals surface area contributed by atoms with Crippen LogP contribution in [0.2, 0.25) is 0 Å². The molecule has 36 heavy (non-hydrogen) atoms. The molecule has 2 heterocycles. The van der Waals surface area contributed by atoms with E-state index in [1.165, 1.54) is 6.08 Å². The first-order chi connectivity index (χ1) is 17.6. The molecule has 3 aromatic carbocycles. The lowest BCUT2D eigenvalue weighted by Gasteiger charge is -2.07. The molecule has 0 atom stereocenters. The fourth-order valence-corrected chi connectivity index (χ4v) is 3.75. The maximum atomic E-state index is 12.3. The van der Waals surface area contributed by atoms with Crippen molar-refractivity contribution in [2.45, 2.75) is 0 Å². The second-order valence-corrected chi connectivity index (χ2v) is 8.18. The zero-order valence-electron chi connectivity index (χ0n) is 19.2. The molecule has 0 bridgehead atoms. The van der Waals surface area contributed by atoms with Gasteiger partial charge in [0.15, 0.2) is 10.7 Å². The molecular weight excluding hydrogens is 474 g/mol. The minimum Gasteiger partial charge on any atom is -0.497 e. The van der Waals surface area contributed by atoms with Gasteiger partial charge in [-0.3, -0.25) is 10.1 Å². The molecule has 0 aliphatic rings. The third kappa shape index (κ3) is 5.34. The Morgan fingerprint density at radius 3 is 2.53 bits per heavy atom. The van der Waals surface area contributed by atoms with Crippen LogP contribution in [-0.4, -0.2) is 23.1 Å². The summed E-state index contributed by atoms with van der Waals surface area (Å²) in [6.07, 6.45) is 2.95. The Bertz CT molecular complexity index is 1550. The van der Waals surface area contributed by atoms with Crippen molar-refractivity contribution < 1.29 is 18.4 Å². The van der Waals surface area contributed by atoms with Crippen LogP contribution in [0, 0.1) is 0 Å². The number of carbonyl (C=O) groups is 1. The fourth-order valence-electron chi connectivity index (χ4n) is 3.54. The summed E-state index contributed by atoms with van der Waals surface area (Å²) in [6.45, 7) is 0. The average molecular weight is 496 g/mol. The SMILES string of the molecule is COc1ccc(-c2nc3cc(NC(=S)NC(=O)/C=C/c4ccc(-c5ccccc5)o4)ccc3o2)cc1. The molecule has 5 aromatic rings. The van der Waals surface area contributed by atoms with Gasteiger partial charge in [-0.1, -0.05) is 30.3 Å². The van der Waals surface area contributed by atoms with E-state index in [2.05, 4.69) is 15.6 Å². The molecule has 0 aliphatic heterocycles. The molecule has 0 spiro atoms. The molecule has 178 valence electrons. The maximum absolute atomic E-state index is 12.3. The number of hydrogen-bond acceptors (Lipinski definition) is 6. The van der Waals surface area contributed by atoms with E-state index in [4.69, 9.17) is 25.8 Å². The molecule has 8 heteroatoms. The second kappa shape index (κ2) is 10.3. The number of furan rings is 1. The largest absolute Gasteiger partial charge is 0.497 e. The molecule has 2 aromatic heterocycles. The van der Waals surface area contributed by atoms with Crippen LogP contribution in [0.15, 0.2) is 99.8 Å². The molecular formula is C28H21N3O4S. The number of oxazole rings is 1. The van der Waals surface area contributed by atoms with Gasteiger partial charge < -0.3 is 18.9 Å². The minimum atomic E-state index is -0.380. The topological polar surface area (TPSA) is 89.5 Å². The van der Waals surface area contributed by atoms with Crippen molar-refractivity contribution in [3.8, 4) is 28.5 Å². The van der Waals surface area contributed by atoms with Gasteiger partial charge in [-0.25, -0.2) is 4.98 Å². The number of hydrogen-bond donors (Lipinski definition) is 2. The summed E-state index contributed by atoms with van der Waals surface area (Å²) < 4.78 is 16.8. The average Bonchev–Trinajstić information content (AvgIpc) is 3.55. The highest BCUT2D eigenvalue weighted by molar-refractivity contribution is 7.80. The number of amides is 1. The lowest BCUT2D eigenvalue weighted by molar-refractivity contribution is -0.115. The van der Waals surface area contributed by atoms with Crippen LogP contribution in [0.25, 0.3) is 40.0 Å². The van der Waals surface area contributed by atoms with E-state index in [9.17, 15) is 4.79 Å². The number of benzene rings is 3.